The van der Waals surface area contributed by atoms with Crippen molar-refractivity contribution in [3.63, 3.8) is 0 Å². The van der Waals surface area contributed by atoms with Gasteiger partial charge in [0.2, 0.25) is 0 Å². The Balaban J connectivity index is 1.56. The largest absolute Gasteiger partial charge is 0.497 e. The molecule has 1 saturated carbocycles. The molecule has 0 saturated heterocycles. The maximum Gasteiger partial charge on any atom is 0.287 e. The predicted octanol–water partition coefficient (Wildman–Crippen LogP) is 3.15. The number of rotatable bonds is 5. The molecule has 28 heavy (non-hydrogen) atoms. The van der Waals surface area contributed by atoms with Crippen molar-refractivity contribution in [2.24, 2.45) is 0 Å². The van der Waals surface area contributed by atoms with Crippen LogP contribution in [0.4, 0.5) is 5.69 Å². The van der Waals surface area contributed by atoms with Gasteiger partial charge < -0.3 is 19.9 Å². The summed E-state index contributed by atoms with van der Waals surface area (Å²) >= 11 is 0. The molecule has 7 heteroatoms. The van der Waals surface area contributed by atoms with Crippen molar-refractivity contribution < 1.29 is 14.3 Å². The Hall–Kier alpha value is -2.83. The van der Waals surface area contributed by atoms with E-state index in [1.807, 2.05) is 4.57 Å². The lowest BCUT2D eigenvalue weighted by Gasteiger charge is -2.18. The van der Waals surface area contributed by atoms with Crippen molar-refractivity contribution in [3.05, 3.63) is 41.5 Å². The zero-order valence-corrected chi connectivity index (χ0v) is 16.2. The first-order chi connectivity index (χ1) is 13.7. The van der Waals surface area contributed by atoms with Gasteiger partial charge >= 0.3 is 0 Å². The van der Waals surface area contributed by atoms with Gasteiger partial charge in [-0.2, -0.15) is 0 Å². The zero-order valence-electron chi connectivity index (χ0n) is 16.2. The van der Waals surface area contributed by atoms with E-state index in [9.17, 15) is 9.59 Å². The van der Waals surface area contributed by atoms with E-state index in [-0.39, 0.29) is 17.9 Å². The number of ether oxygens (including phenoxy) is 1. The molecule has 4 rings (SSSR count). The van der Waals surface area contributed by atoms with Gasteiger partial charge in [-0.25, -0.2) is 4.98 Å². The summed E-state index contributed by atoms with van der Waals surface area (Å²) in [7, 11) is 1.60. The van der Waals surface area contributed by atoms with Gasteiger partial charge in [0.15, 0.2) is 11.5 Å². The van der Waals surface area contributed by atoms with Gasteiger partial charge in [0.25, 0.3) is 11.8 Å². The van der Waals surface area contributed by atoms with Gasteiger partial charge in [-0.05, 0) is 56.4 Å². The van der Waals surface area contributed by atoms with Crippen molar-refractivity contribution in [1.29, 1.82) is 0 Å². The van der Waals surface area contributed by atoms with Crippen molar-refractivity contribution >= 4 is 17.5 Å². The molecular weight excluding hydrogens is 356 g/mol. The lowest BCUT2D eigenvalue weighted by molar-refractivity contribution is 0.0921. The van der Waals surface area contributed by atoms with Gasteiger partial charge in [-0.1, -0.05) is 12.8 Å². The SMILES string of the molecule is COc1ccc(NC(=O)c2nc(C(=O)NC3CCCC3)n3c2CCCC3)cc1. The van der Waals surface area contributed by atoms with Crippen LogP contribution < -0.4 is 15.4 Å². The van der Waals surface area contributed by atoms with Crippen molar-refractivity contribution in [2.75, 3.05) is 12.4 Å². The van der Waals surface area contributed by atoms with Crippen LogP contribution >= 0.6 is 0 Å². The van der Waals surface area contributed by atoms with Gasteiger partial charge in [0, 0.05) is 18.3 Å². The molecular formula is C21H26N4O3. The average molecular weight is 382 g/mol. The minimum Gasteiger partial charge on any atom is -0.497 e. The monoisotopic (exact) mass is 382 g/mol. The highest BCUT2D eigenvalue weighted by Gasteiger charge is 2.29. The number of carbonyl (C=O) groups is 2. The van der Waals surface area contributed by atoms with Gasteiger partial charge in [0.1, 0.15) is 5.75 Å². The lowest BCUT2D eigenvalue weighted by atomic mass is 10.1. The third-order valence-electron chi connectivity index (χ3n) is 5.57. The smallest absolute Gasteiger partial charge is 0.287 e. The van der Waals surface area contributed by atoms with E-state index in [1.54, 1.807) is 31.4 Å². The van der Waals surface area contributed by atoms with Gasteiger partial charge in [-0.15, -0.1) is 0 Å². The first-order valence-corrected chi connectivity index (χ1v) is 10.0. The van der Waals surface area contributed by atoms with E-state index >= 15 is 0 Å². The predicted molar refractivity (Wildman–Crippen MR) is 106 cm³/mol. The Morgan fingerprint density at radius 2 is 1.82 bits per heavy atom. The summed E-state index contributed by atoms with van der Waals surface area (Å²) in [6.07, 6.45) is 7.09. The van der Waals surface area contributed by atoms with Crippen molar-refractivity contribution in [3.8, 4) is 5.75 Å². The fourth-order valence-electron chi connectivity index (χ4n) is 4.08. The van der Waals surface area contributed by atoms with Crippen LogP contribution in [-0.2, 0) is 13.0 Å². The summed E-state index contributed by atoms with van der Waals surface area (Å²) in [5.74, 6) is 0.638. The number of nitrogens with zero attached hydrogens (tertiary/aromatic N) is 2. The number of benzene rings is 1. The Morgan fingerprint density at radius 1 is 1.07 bits per heavy atom. The number of imidazole rings is 1. The van der Waals surface area contributed by atoms with Gasteiger partial charge in [-0.3, -0.25) is 9.59 Å². The molecule has 2 N–H and O–H groups in total. The van der Waals surface area contributed by atoms with E-state index in [4.69, 9.17) is 4.74 Å². The average Bonchev–Trinajstić information content (AvgIpc) is 3.36. The molecule has 1 aliphatic carbocycles. The normalized spacial score (nSPS) is 16.5. The minimum absolute atomic E-state index is 0.168. The molecule has 148 valence electrons. The van der Waals surface area contributed by atoms with E-state index in [1.165, 1.54) is 0 Å². The number of nitrogens with one attached hydrogen (secondary N) is 2. The van der Waals surface area contributed by atoms with Crippen LogP contribution in [0.25, 0.3) is 0 Å². The molecule has 1 aliphatic heterocycles. The molecule has 0 atom stereocenters. The number of hydrogen-bond donors (Lipinski definition) is 2. The number of amides is 2. The number of methoxy groups -OCH3 is 1. The molecule has 0 bridgehead atoms. The molecule has 0 unspecified atom stereocenters. The summed E-state index contributed by atoms with van der Waals surface area (Å²) in [5, 5.41) is 5.98. The van der Waals surface area contributed by atoms with Crippen LogP contribution in [-0.4, -0.2) is 34.5 Å². The number of hydrogen-bond acceptors (Lipinski definition) is 4. The molecule has 2 amide bonds. The maximum atomic E-state index is 12.9. The van der Waals surface area contributed by atoms with E-state index in [0.29, 0.717) is 17.2 Å². The molecule has 0 radical (unpaired) electrons. The molecule has 2 aliphatic rings. The second kappa shape index (κ2) is 8.04. The van der Waals surface area contributed by atoms with Crippen LogP contribution in [0.1, 0.15) is 65.3 Å². The Kier molecular flexibility index (Phi) is 5.32. The Labute approximate surface area is 164 Å². The first kappa shape index (κ1) is 18.5. The molecule has 2 heterocycles. The second-order valence-electron chi connectivity index (χ2n) is 7.48. The summed E-state index contributed by atoms with van der Waals surface area (Å²) in [6.45, 7) is 0.728. The van der Waals surface area contributed by atoms with Crippen molar-refractivity contribution in [1.82, 2.24) is 14.9 Å². The van der Waals surface area contributed by atoms with E-state index in [2.05, 4.69) is 15.6 Å². The summed E-state index contributed by atoms with van der Waals surface area (Å²) in [4.78, 5) is 30.1. The van der Waals surface area contributed by atoms with Crippen LogP contribution in [0.5, 0.6) is 5.75 Å². The van der Waals surface area contributed by atoms with Crippen LogP contribution in [0, 0.1) is 0 Å². The summed E-state index contributed by atoms with van der Waals surface area (Å²) in [5.41, 5.74) is 1.88. The quantitative estimate of drug-likeness (QED) is 0.832. The minimum atomic E-state index is -0.282. The molecule has 1 fully saturated rings. The molecule has 1 aromatic heterocycles. The highest BCUT2D eigenvalue weighted by atomic mass is 16.5. The van der Waals surface area contributed by atoms with E-state index in [0.717, 1.165) is 62.9 Å². The zero-order chi connectivity index (χ0) is 19.5. The van der Waals surface area contributed by atoms with Gasteiger partial charge in [0.05, 0.1) is 12.8 Å². The molecule has 1 aromatic carbocycles. The van der Waals surface area contributed by atoms with Crippen LogP contribution in [0.15, 0.2) is 24.3 Å². The first-order valence-electron chi connectivity index (χ1n) is 10.0. The number of anilines is 1. The lowest BCUT2D eigenvalue weighted by Crippen LogP contribution is -2.35. The standard InChI is InChI=1S/C21H26N4O3/c1-28-16-11-9-15(10-12-16)22-20(26)18-17-8-4-5-13-25(17)19(24-18)21(27)23-14-6-2-3-7-14/h9-12,14H,2-8,13H2,1H3,(H,22,26)(H,23,27). The third kappa shape index (κ3) is 3.74. The Morgan fingerprint density at radius 3 is 2.54 bits per heavy atom. The van der Waals surface area contributed by atoms with Crippen LogP contribution in [0.3, 0.4) is 0 Å². The highest BCUT2D eigenvalue weighted by Crippen LogP contribution is 2.24. The maximum absolute atomic E-state index is 12.9. The van der Waals surface area contributed by atoms with E-state index < -0.39 is 0 Å². The summed E-state index contributed by atoms with van der Waals surface area (Å²) in [6, 6.07) is 7.37. The summed E-state index contributed by atoms with van der Waals surface area (Å²) < 4.78 is 7.07. The highest BCUT2D eigenvalue weighted by molar-refractivity contribution is 6.05. The number of aromatic nitrogens is 2. The number of fused-ring (bicyclic) bond motifs is 1. The molecule has 7 nitrogen and oxygen atoms in total. The third-order valence-corrected chi connectivity index (χ3v) is 5.57. The Bertz CT molecular complexity index is 867. The fraction of sp³-hybridized carbons (Fsp3) is 0.476. The second-order valence-corrected chi connectivity index (χ2v) is 7.48. The fourth-order valence-corrected chi connectivity index (χ4v) is 4.08. The molecule has 2 aromatic rings. The number of carbonyl (C=O) groups excluding carboxylic acids is 2. The van der Waals surface area contributed by atoms with Crippen LogP contribution in [0.2, 0.25) is 0 Å². The topological polar surface area (TPSA) is 85.2 Å². The molecule has 0 spiro atoms. The van der Waals surface area contributed by atoms with Crippen molar-refractivity contribution in [2.45, 2.75) is 57.5 Å².